The highest BCUT2D eigenvalue weighted by Gasteiger charge is 2.05. The Morgan fingerprint density at radius 2 is 2.07 bits per heavy atom. The van der Waals surface area contributed by atoms with E-state index in [0.29, 0.717) is 5.89 Å². The van der Waals surface area contributed by atoms with Crippen LogP contribution in [0.4, 0.5) is 5.95 Å². The van der Waals surface area contributed by atoms with E-state index >= 15 is 0 Å². The van der Waals surface area contributed by atoms with Crippen molar-refractivity contribution in [3.63, 3.8) is 0 Å². The van der Waals surface area contributed by atoms with Crippen LogP contribution in [-0.4, -0.2) is 10.1 Å². The Balaban J connectivity index is 2.39. The predicted molar refractivity (Wildman–Crippen MR) is 48.5 cm³/mol. The first-order valence-corrected chi connectivity index (χ1v) is 3.84. The van der Waals surface area contributed by atoms with E-state index in [0.717, 1.165) is 5.56 Å². The van der Waals surface area contributed by atoms with Gasteiger partial charge in [-0.25, -0.2) is 0 Å². The molecule has 0 aliphatic rings. The van der Waals surface area contributed by atoms with Gasteiger partial charge in [-0.1, -0.05) is 23.4 Å². The van der Waals surface area contributed by atoms with Crippen LogP contribution in [0.1, 0.15) is 0 Å². The topological polar surface area (TPSA) is 87.7 Å². The number of aromatic nitrogens is 2. The van der Waals surface area contributed by atoms with Crippen molar-refractivity contribution in [2.75, 3.05) is 0 Å². The number of azide groups is 1. The highest BCUT2D eigenvalue weighted by molar-refractivity contribution is 5.53. The lowest BCUT2D eigenvalue weighted by atomic mass is 10.2. The summed E-state index contributed by atoms with van der Waals surface area (Å²) in [5.41, 5.74) is 8.93. The molecule has 68 valence electrons. The van der Waals surface area contributed by atoms with Crippen LogP contribution in [0.15, 0.2) is 40.0 Å². The second kappa shape index (κ2) is 3.59. The number of benzene rings is 1. The summed E-state index contributed by atoms with van der Waals surface area (Å²) < 4.78 is 4.88. The number of hydrogen-bond acceptors (Lipinski definition) is 4. The van der Waals surface area contributed by atoms with E-state index < -0.39 is 0 Å². The molecule has 0 aliphatic heterocycles. The second-order valence-corrected chi connectivity index (χ2v) is 2.45. The molecule has 6 heteroatoms. The lowest BCUT2D eigenvalue weighted by molar-refractivity contribution is 0.432. The zero-order chi connectivity index (χ0) is 9.80. The van der Waals surface area contributed by atoms with Crippen LogP contribution >= 0.6 is 0 Å². The molecule has 6 nitrogen and oxygen atoms in total. The summed E-state index contributed by atoms with van der Waals surface area (Å²) in [6, 6.07) is 9.24. The fraction of sp³-hybridized carbons (Fsp3) is 0. The van der Waals surface area contributed by atoms with Gasteiger partial charge in [0.2, 0.25) is 0 Å². The van der Waals surface area contributed by atoms with Crippen LogP contribution in [-0.2, 0) is 0 Å². The van der Waals surface area contributed by atoms with E-state index in [2.05, 4.69) is 20.2 Å². The van der Waals surface area contributed by atoms with E-state index in [1.807, 2.05) is 30.3 Å². The van der Waals surface area contributed by atoms with Crippen molar-refractivity contribution in [2.45, 2.75) is 0 Å². The third-order valence-corrected chi connectivity index (χ3v) is 1.57. The van der Waals surface area contributed by atoms with Crippen LogP contribution in [0.3, 0.4) is 0 Å². The van der Waals surface area contributed by atoms with Crippen molar-refractivity contribution in [3.8, 4) is 11.5 Å². The molecule has 1 aromatic heterocycles. The molecule has 0 aliphatic carbocycles. The van der Waals surface area contributed by atoms with Gasteiger partial charge in [0, 0.05) is 10.5 Å². The Kier molecular flexibility index (Phi) is 2.12. The van der Waals surface area contributed by atoms with Crippen LogP contribution in [0.25, 0.3) is 21.9 Å². The summed E-state index contributed by atoms with van der Waals surface area (Å²) in [5, 5.41) is 6.69. The summed E-state index contributed by atoms with van der Waals surface area (Å²) in [6.45, 7) is 0. The minimum absolute atomic E-state index is 0.00801. The minimum atomic E-state index is -0.00801. The van der Waals surface area contributed by atoms with E-state index in [9.17, 15) is 0 Å². The molecule has 0 saturated heterocycles. The number of rotatable bonds is 2. The van der Waals surface area contributed by atoms with Crippen molar-refractivity contribution in [2.24, 2.45) is 5.11 Å². The molecule has 0 atom stereocenters. The largest absolute Gasteiger partial charge is 0.334 e. The Bertz CT molecular complexity index is 471. The van der Waals surface area contributed by atoms with E-state index in [1.165, 1.54) is 0 Å². The SMILES string of the molecule is [N-]=[N+]=Nc1noc(-c2ccccc2)n1. The quantitative estimate of drug-likeness (QED) is 0.411. The number of hydrogen-bond donors (Lipinski definition) is 0. The van der Waals surface area contributed by atoms with E-state index in [1.54, 1.807) is 0 Å². The molecule has 2 aromatic rings. The van der Waals surface area contributed by atoms with Gasteiger partial charge in [0.1, 0.15) is 0 Å². The second-order valence-electron chi connectivity index (χ2n) is 2.45. The maximum Gasteiger partial charge on any atom is 0.259 e. The lowest BCUT2D eigenvalue weighted by Gasteiger charge is -1.89. The van der Waals surface area contributed by atoms with Crippen LogP contribution in [0.2, 0.25) is 0 Å². The van der Waals surface area contributed by atoms with Gasteiger partial charge in [-0.15, -0.1) is 0 Å². The highest BCUT2D eigenvalue weighted by Crippen LogP contribution is 2.18. The van der Waals surface area contributed by atoms with Crippen molar-refractivity contribution in [1.29, 1.82) is 0 Å². The summed E-state index contributed by atoms with van der Waals surface area (Å²) >= 11 is 0. The average molecular weight is 187 g/mol. The first-order chi connectivity index (χ1) is 6.90. The highest BCUT2D eigenvalue weighted by atomic mass is 16.5. The van der Waals surface area contributed by atoms with Gasteiger partial charge in [-0.05, 0) is 22.8 Å². The molecule has 0 radical (unpaired) electrons. The van der Waals surface area contributed by atoms with Gasteiger partial charge in [-0.3, -0.25) is 0 Å². The van der Waals surface area contributed by atoms with Crippen LogP contribution in [0.5, 0.6) is 0 Å². The molecule has 0 bridgehead atoms. The Morgan fingerprint density at radius 3 is 2.79 bits per heavy atom. The summed E-state index contributed by atoms with van der Waals surface area (Å²) in [6.07, 6.45) is 0. The molecule has 0 amide bonds. The van der Waals surface area contributed by atoms with E-state index in [4.69, 9.17) is 10.1 Å². The Labute approximate surface area is 78.8 Å². The predicted octanol–water partition coefficient (Wildman–Crippen LogP) is 2.68. The molecule has 0 spiro atoms. The minimum Gasteiger partial charge on any atom is -0.334 e. The standard InChI is InChI=1S/C8H5N5O/c9-13-11-8-10-7(14-12-8)6-4-2-1-3-5-6/h1-5H. The molecular weight excluding hydrogens is 182 g/mol. The molecule has 2 rings (SSSR count). The average Bonchev–Trinajstić information content (AvgIpc) is 2.68. The summed E-state index contributed by atoms with van der Waals surface area (Å²) in [5.74, 6) is 0.333. The summed E-state index contributed by atoms with van der Waals surface area (Å²) in [4.78, 5) is 6.42. The molecule has 0 N–H and O–H groups in total. The van der Waals surface area contributed by atoms with Gasteiger partial charge in [0.25, 0.3) is 11.8 Å². The fourth-order valence-electron chi connectivity index (χ4n) is 0.994. The van der Waals surface area contributed by atoms with Gasteiger partial charge >= 0.3 is 0 Å². The third kappa shape index (κ3) is 1.55. The van der Waals surface area contributed by atoms with Gasteiger partial charge in [0.05, 0.1) is 0 Å². The first kappa shape index (κ1) is 8.28. The normalized spacial score (nSPS) is 9.43. The van der Waals surface area contributed by atoms with Crippen molar-refractivity contribution in [3.05, 3.63) is 40.8 Å². The van der Waals surface area contributed by atoms with Gasteiger partial charge in [0.15, 0.2) is 0 Å². The molecule has 0 unspecified atom stereocenters. The Hall–Kier alpha value is -2.33. The molecule has 1 aromatic carbocycles. The maximum atomic E-state index is 8.14. The maximum absolute atomic E-state index is 8.14. The lowest BCUT2D eigenvalue weighted by Crippen LogP contribution is -1.74. The smallest absolute Gasteiger partial charge is 0.259 e. The van der Waals surface area contributed by atoms with Crippen molar-refractivity contribution >= 4 is 5.95 Å². The van der Waals surface area contributed by atoms with Crippen molar-refractivity contribution in [1.82, 2.24) is 10.1 Å². The molecule has 1 heterocycles. The molecule has 0 saturated carbocycles. The fourth-order valence-corrected chi connectivity index (χ4v) is 0.994. The van der Waals surface area contributed by atoms with Crippen LogP contribution < -0.4 is 0 Å². The zero-order valence-corrected chi connectivity index (χ0v) is 7.03. The van der Waals surface area contributed by atoms with E-state index in [-0.39, 0.29) is 5.95 Å². The van der Waals surface area contributed by atoms with Crippen LogP contribution in [0, 0.1) is 0 Å². The van der Waals surface area contributed by atoms with Gasteiger partial charge in [-0.2, -0.15) is 4.98 Å². The summed E-state index contributed by atoms with van der Waals surface area (Å²) in [7, 11) is 0. The molecule has 14 heavy (non-hydrogen) atoms. The number of nitrogens with zero attached hydrogens (tertiary/aromatic N) is 5. The third-order valence-electron chi connectivity index (χ3n) is 1.57. The Morgan fingerprint density at radius 1 is 1.29 bits per heavy atom. The van der Waals surface area contributed by atoms with Crippen molar-refractivity contribution < 1.29 is 4.52 Å². The molecular formula is C8H5N5O. The van der Waals surface area contributed by atoms with Gasteiger partial charge < -0.3 is 4.52 Å². The zero-order valence-electron chi connectivity index (χ0n) is 7.03. The monoisotopic (exact) mass is 187 g/mol. The molecule has 0 fully saturated rings. The first-order valence-electron chi connectivity index (χ1n) is 3.84.